The third-order valence-electron chi connectivity index (χ3n) is 3.34. The van der Waals surface area contributed by atoms with Crippen LogP contribution in [0.25, 0.3) is 9.75 Å². The van der Waals surface area contributed by atoms with Gasteiger partial charge in [-0.3, -0.25) is 0 Å². The van der Waals surface area contributed by atoms with Gasteiger partial charge in [0.25, 0.3) is 0 Å². The zero-order chi connectivity index (χ0) is 13.5. The van der Waals surface area contributed by atoms with Gasteiger partial charge in [-0.2, -0.15) is 0 Å². The summed E-state index contributed by atoms with van der Waals surface area (Å²) in [6, 6.07) is 6.42. The summed E-state index contributed by atoms with van der Waals surface area (Å²) >= 11 is 9.55. The molecule has 0 radical (unpaired) electrons. The summed E-state index contributed by atoms with van der Waals surface area (Å²) in [7, 11) is 0. The molecule has 3 heteroatoms. The van der Waals surface area contributed by atoms with Crippen molar-refractivity contribution in [1.29, 1.82) is 0 Å². The Hall–Kier alpha value is -0.310. The van der Waals surface area contributed by atoms with E-state index in [-0.39, 0.29) is 0 Å². The molecule has 0 nitrogen and oxygen atoms in total. The molecule has 2 aromatic heterocycles. The Morgan fingerprint density at radius 2 is 1.79 bits per heavy atom. The molecule has 0 spiro atoms. The fraction of sp³-hybridized carbons (Fsp3) is 0.500. The molecule has 0 aliphatic heterocycles. The Bertz CT molecular complexity index is 484. The smallest absolute Gasteiger partial charge is 0.0935 e. The summed E-state index contributed by atoms with van der Waals surface area (Å²) < 4.78 is 0.883. The zero-order valence-electron chi connectivity index (χ0n) is 11.5. The number of hydrogen-bond acceptors (Lipinski definition) is 2. The molecule has 19 heavy (non-hydrogen) atoms. The van der Waals surface area contributed by atoms with Crippen molar-refractivity contribution in [3.05, 3.63) is 33.5 Å². The van der Waals surface area contributed by atoms with Gasteiger partial charge in [0, 0.05) is 9.75 Å². The minimum absolute atomic E-state index is 0.883. The van der Waals surface area contributed by atoms with Crippen LogP contribution in [0.2, 0.25) is 4.34 Å². The van der Waals surface area contributed by atoms with Crippen molar-refractivity contribution in [1.82, 2.24) is 0 Å². The van der Waals surface area contributed by atoms with Crippen LogP contribution in [-0.4, -0.2) is 0 Å². The summed E-state index contributed by atoms with van der Waals surface area (Å²) in [5.74, 6) is 0. The molecule has 0 saturated heterocycles. The van der Waals surface area contributed by atoms with Gasteiger partial charge in [0.15, 0.2) is 0 Å². The molecular formula is C16H21ClS2. The summed E-state index contributed by atoms with van der Waals surface area (Å²) in [5, 5.41) is 2.20. The van der Waals surface area contributed by atoms with Crippen molar-refractivity contribution < 1.29 is 0 Å². The summed E-state index contributed by atoms with van der Waals surface area (Å²) in [6.45, 7) is 2.27. The molecule has 2 aromatic rings. The first-order valence-electron chi connectivity index (χ1n) is 7.13. The van der Waals surface area contributed by atoms with Gasteiger partial charge >= 0.3 is 0 Å². The number of hydrogen-bond donors (Lipinski definition) is 0. The predicted molar refractivity (Wildman–Crippen MR) is 89.7 cm³/mol. The minimum atomic E-state index is 0.883. The maximum absolute atomic E-state index is 6.03. The van der Waals surface area contributed by atoms with Crippen molar-refractivity contribution >= 4 is 34.3 Å². The predicted octanol–water partition coefficient (Wildman–Crippen LogP) is 7.03. The Labute approximate surface area is 129 Å². The average Bonchev–Trinajstić information content (AvgIpc) is 3.02. The Morgan fingerprint density at radius 3 is 2.53 bits per heavy atom. The van der Waals surface area contributed by atoms with Crippen LogP contribution >= 0.6 is 34.3 Å². The van der Waals surface area contributed by atoms with Gasteiger partial charge in [-0.15, -0.1) is 22.7 Å². The van der Waals surface area contributed by atoms with Gasteiger partial charge < -0.3 is 0 Å². The highest BCUT2D eigenvalue weighted by Gasteiger charge is 2.09. The van der Waals surface area contributed by atoms with E-state index in [1.165, 1.54) is 60.3 Å². The van der Waals surface area contributed by atoms with Gasteiger partial charge in [-0.25, -0.2) is 0 Å². The third kappa shape index (κ3) is 4.62. The van der Waals surface area contributed by atoms with E-state index in [1.54, 1.807) is 11.3 Å². The molecular weight excluding hydrogens is 292 g/mol. The van der Waals surface area contributed by atoms with Crippen LogP contribution in [0.3, 0.4) is 0 Å². The summed E-state index contributed by atoms with van der Waals surface area (Å²) in [6.07, 6.45) is 9.38. The van der Waals surface area contributed by atoms with E-state index in [0.717, 1.165) is 4.34 Å². The fourth-order valence-corrected chi connectivity index (χ4v) is 4.44. The highest BCUT2D eigenvalue weighted by atomic mass is 35.5. The van der Waals surface area contributed by atoms with Crippen LogP contribution in [0.4, 0.5) is 0 Å². The van der Waals surface area contributed by atoms with Gasteiger partial charge in [-0.1, -0.05) is 50.6 Å². The molecule has 0 bridgehead atoms. The number of rotatable bonds is 8. The third-order valence-corrected chi connectivity index (χ3v) is 5.71. The second-order valence-electron chi connectivity index (χ2n) is 4.90. The quantitative estimate of drug-likeness (QED) is 0.459. The van der Waals surface area contributed by atoms with Crippen molar-refractivity contribution in [2.45, 2.75) is 51.9 Å². The Kier molecular flexibility index (Phi) is 6.42. The molecule has 104 valence electrons. The Balaban J connectivity index is 1.83. The lowest BCUT2D eigenvalue weighted by Gasteiger charge is -2.02. The number of aryl methyl sites for hydroxylation is 1. The molecule has 0 amide bonds. The van der Waals surface area contributed by atoms with Crippen LogP contribution in [-0.2, 0) is 6.42 Å². The van der Waals surface area contributed by atoms with Gasteiger partial charge in [0.2, 0.25) is 0 Å². The SMILES string of the molecule is CCCCCCCCc1ccsc1-c1ccc(Cl)s1. The monoisotopic (exact) mass is 312 g/mol. The Morgan fingerprint density at radius 1 is 1.00 bits per heavy atom. The molecule has 0 aromatic carbocycles. The molecule has 0 atom stereocenters. The standard InChI is InChI=1S/C16H21ClS2/c1-2-3-4-5-6-7-8-13-11-12-18-16(13)14-9-10-15(17)19-14/h9-12H,2-8H2,1H3. The molecule has 2 rings (SSSR count). The number of thiophene rings is 2. The fourth-order valence-electron chi connectivity index (χ4n) is 2.28. The van der Waals surface area contributed by atoms with Crippen molar-refractivity contribution in [2.75, 3.05) is 0 Å². The van der Waals surface area contributed by atoms with E-state index in [2.05, 4.69) is 24.4 Å². The molecule has 2 heterocycles. The normalized spacial score (nSPS) is 11.1. The maximum atomic E-state index is 6.03. The molecule has 0 aliphatic rings. The first kappa shape index (κ1) is 15.1. The van der Waals surface area contributed by atoms with E-state index in [4.69, 9.17) is 11.6 Å². The minimum Gasteiger partial charge on any atom is -0.143 e. The lowest BCUT2D eigenvalue weighted by molar-refractivity contribution is 0.608. The second kappa shape index (κ2) is 8.08. The first-order valence-corrected chi connectivity index (χ1v) is 9.20. The van der Waals surface area contributed by atoms with Gasteiger partial charge in [0.05, 0.1) is 4.34 Å². The number of halogens is 1. The first-order chi connectivity index (χ1) is 9.31. The van der Waals surface area contributed by atoms with E-state index < -0.39 is 0 Å². The second-order valence-corrected chi connectivity index (χ2v) is 7.53. The lowest BCUT2D eigenvalue weighted by Crippen LogP contribution is -1.85. The highest BCUT2D eigenvalue weighted by molar-refractivity contribution is 7.23. The maximum Gasteiger partial charge on any atom is 0.0935 e. The van der Waals surface area contributed by atoms with Crippen LogP contribution in [0.15, 0.2) is 23.6 Å². The van der Waals surface area contributed by atoms with Crippen molar-refractivity contribution in [3.63, 3.8) is 0 Å². The van der Waals surface area contributed by atoms with Crippen LogP contribution in [0.5, 0.6) is 0 Å². The molecule has 0 saturated carbocycles. The van der Waals surface area contributed by atoms with E-state index in [0.29, 0.717) is 0 Å². The topological polar surface area (TPSA) is 0 Å². The van der Waals surface area contributed by atoms with Crippen LogP contribution < -0.4 is 0 Å². The number of unbranched alkanes of at least 4 members (excludes halogenated alkanes) is 5. The van der Waals surface area contributed by atoms with Crippen molar-refractivity contribution in [3.8, 4) is 9.75 Å². The van der Waals surface area contributed by atoms with Crippen molar-refractivity contribution in [2.24, 2.45) is 0 Å². The molecule has 0 aliphatic carbocycles. The van der Waals surface area contributed by atoms with Crippen LogP contribution in [0.1, 0.15) is 51.0 Å². The average molecular weight is 313 g/mol. The zero-order valence-corrected chi connectivity index (χ0v) is 13.8. The van der Waals surface area contributed by atoms with Crippen LogP contribution in [0, 0.1) is 0 Å². The van der Waals surface area contributed by atoms with E-state index in [9.17, 15) is 0 Å². The van der Waals surface area contributed by atoms with E-state index in [1.807, 2.05) is 17.4 Å². The largest absolute Gasteiger partial charge is 0.143 e. The molecule has 0 fully saturated rings. The molecule has 0 N–H and O–H groups in total. The van der Waals surface area contributed by atoms with Gasteiger partial charge in [-0.05, 0) is 42.0 Å². The summed E-state index contributed by atoms with van der Waals surface area (Å²) in [4.78, 5) is 2.74. The summed E-state index contributed by atoms with van der Waals surface area (Å²) in [5.41, 5.74) is 1.50. The highest BCUT2D eigenvalue weighted by Crippen LogP contribution is 2.37. The lowest BCUT2D eigenvalue weighted by atomic mass is 10.1. The molecule has 0 unspecified atom stereocenters. The van der Waals surface area contributed by atoms with Gasteiger partial charge in [0.1, 0.15) is 0 Å². The van der Waals surface area contributed by atoms with E-state index >= 15 is 0 Å².